The fraction of sp³-hybridized carbons (Fsp3) is 0.162. The molecule has 3 aromatic heterocycles. The van der Waals surface area contributed by atoms with Gasteiger partial charge in [0.05, 0.1) is 28.5 Å². The van der Waals surface area contributed by atoms with Crippen LogP contribution in [0.1, 0.15) is 43.4 Å². The van der Waals surface area contributed by atoms with E-state index in [0.29, 0.717) is 57.1 Å². The van der Waals surface area contributed by atoms with Crippen molar-refractivity contribution >= 4 is 22.3 Å². The summed E-state index contributed by atoms with van der Waals surface area (Å²) < 4.78 is 30.8. The molecule has 2 aromatic carbocycles. The van der Waals surface area contributed by atoms with Crippen LogP contribution in [-0.4, -0.2) is 27.0 Å². The Balaban J connectivity index is 1.53. The van der Waals surface area contributed by atoms with Crippen molar-refractivity contribution in [3.8, 4) is 11.3 Å². The molecule has 45 heavy (non-hydrogen) atoms. The number of pyridine rings is 2. The molecular weight excluding hydrogens is 566 g/mol. The lowest BCUT2D eigenvalue weighted by Gasteiger charge is -2.27. The molecule has 0 fully saturated rings. The topological polar surface area (TPSA) is 78.5 Å². The van der Waals surface area contributed by atoms with E-state index in [9.17, 15) is 4.39 Å². The van der Waals surface area contributed by atoms with Crippen LogP contribution in [0, 0.1) is 11.6 Å². The Hall–Kier alpha value is -5.37. The zero-order chi connectivity index (χ0) is 32.1. The van der Waals surface area contributed by atoms with Crippen molar-refractivity contribution in [1.82, 2.24) is 25.3 Å². The molecule has 5 aromatic rings. The number of rotatable bonds is 11. The molecule has 0 bridgehead atoms. The number of fused-ring (bicyclic) bond motifs is 1. The van der Waals surface area contributed by atoms with Gasteiger partial charge in [0.2, 0.25) is 0 Å². The zero-order valence-corrected chi connectivity index (χ0v) is 25.9. The lowest BCUT2D eigenvalue weighted by Crippen LogP contribution is -2.25. The second kappa shape index (κ2) is 13.1. The molecule has 0 aliphatic carbocycles. The summed E-state index contributed by atoms with van der Waals surface area (Å²) in [6, 6.07) is 18.0. The predicted octanol–water partition coefficient (Wildman–Crippen LogP) is 8.48. The number of hydrogen-bond acceptors (Lipinski definition) is 5. The van der Waals surface area contributed by atoms with E-state index in [2.05, 4.69) is 38.7 Å². The highest BCUT2D eigenvalue weighted by Crippen LogP contribution is 2.40. The highest BCUT2D eigenvalue weighted by Gasteiger charge is 2.35. The molecule has 0 amide bonds. The van der Waals surface area contributed by atoms with Crippen molar-refractivity contribution in [3.63, 3.8) is 0 Å². The summed E-state index contributed by atoms with van der Waals surface area (Å²) in [6.45, 7) is 13.7. The first-order chi connectivity index (χ1) is 21.7. The number of imidazole rings is 1. The number of halogens is 2. The number of aromatic amines is 1. The minimum absolute atomic E-state index is 0.188. The van der Waals surface area contributed by atoms with Gasteiger partial charge in [-0.05, 0) is 56.7 Å². The smallest absolute Gasteiger partial charge is 0.155 e. The molecule has 6 nitrogen and oxygen atoms in total. The number of benzene rings is 2. The lowest BCUT2D eigenvalue weighted by atomic mass is 9.82. The molecule has 0 aliphatic heterocycles. The Labute approximate surface area is 262 Å². The molecule has 0 unspecified atom stereocenters. The van der Waals surface area contributed by atoms with Crippen molar-refractivity contribution in [1.29, 1.82) is 0 Å². The Bertz CT molecular complexity index is 1940. The van der Waals surface area contributed by atoms with Crippen LogP contribution in [0.3, 0.4) is 0 Å². The number of nitrogens with one attached hydrogen (secondary N) is 3. The van der Waals surface area contributed by atoms with Crippen LogP contribution in [-0.2, 0) is 11.8 Å². The first-order valence-corrected chi connectivity index (χ1v) is 14.6. The molecule has 3 heterocycles. The summed E-state index contributed by atoms with van der Waals surface area (Å²) in [6.07, 6.45) is 9.19. The second-order valence-corrected chi connectivity index (χ2v) is 11.2. The largest absolute Gasteiger partial charge is 0.387 e. The number of H-pyrrole nitrogens is 1. The number of anilines is 1. The summed E-state index contributed by atoms with van der Waals surface area (Å²) in [4.78, 5) is 17.3. The first kappa shape index (κ1) is 31.1. The number of hydrogen-bond donors (Lipinski definition) is 3. The maximum atomic E-state index is 16.8. The molecule has 8 heteroatoms. The molecule has 5 rings (SSSR count). The van der Waals surface area contributed by atoms with E-state index in [-0.39, 0.29) is 11.5 Å². The summed E-state index contributed by atoms with van der Waals surface area (Å²) >= 11 is 0. The number of allylic oxidation sites excluding steroid dienone is 5. The van der Waals surface area contributed by atoms with Gasteiger partial charge in [-0.3, -0.25) is 9.97 Å². The Kier molecular flexibility index (Phi) is 9.04. The molecule has 0 atom stereocenters. The Morgan fingerprint density at radius 2 is 1.82 bits per heavy atom. The van der Waals surface area contributed by atoms with Crippen molar-refractivity contribution in [2.75, 3.05) is 12.4 Å². The second-order valence-electron chi connectivity index (χ2n) is 11.2. The van der Waals surface area contributed by atoms with Crippen LogP contribution in [0.5, 0.6) is 0 Å². The average Bonchev–Trinajstić information content (AvgIpc) is 3.49. The van der Waals surface area contributed by atoms with Gasteiger partial charge >= 0.3 is 0 Å². The lowest BCUT2D eigenvalue weighted by molar-refractivity contribution is 0.527. The first-order valence-electron chi connectivity index (χ1n) is 14.6. The van der Waals surface area contributed by atoms with Gasteiger partial charge < -0.3 is 15.6 Å². The van der Waals surface area contributed by atoms with Crippen LogP contribution in [0.2, 0.25) is 0 Å². The molecule has 228 valence electrons. The fourth-order valence-electron chi connectivity index (χ4n) is 5.38. The molecule has 0 saturated carbocycles. The van der Waals surface area contributed by atoms with E-state index in [0.717, 1.165) is 11.3 Å². The Morgan fingerprint density at radius 1 is 1.04 bits per heavy atom. The molecule has 0 aliphatic rings. The zero-order valence-electron chi connectivity index (χ0n) is 25.9. The molecule has 0 spiro atoms. The van der Waals surface area contributed by atoms with Crippen LogP contribution >= 0.6 is 0 Å². The van der Waals surface area contributed by atoms with E-state index in [1.165, 1.54) is 12.1 Å². The van der Waals surface area contributed by atoms with Gasteiger partial charge in [0, 0.05) is 47.8 Å². The molecule has 0 saturated heterocycles. The van der Waals surface area contributed by atoms with Gasteiger partial charge in [-0.1, -0.05) is 61.7 Å². The van der Waals surface area contributed by atoms with Crippen molar-refractivity contribution in [3.05, 3.63) is 150 Å². The summed E-state index contributed by atoms with van der Waals surface area (Å²) in [7, 11) is 1.73. The van der Waals surface area contributed by atoms with Crippen LogP contribution in [0.4, 0.5) is 14.5 Å². The maximum absolute atomic E-state index is 16.8. The molecular formula is C37H36F2N6. The quantitative estimate of drug-likeness (QED) is 0.132. The van der Waals surface area contributed by atoms with Gasteiger partial charge in [0.25, 0.3) is 0 Å². The van der Waals surface area contributed by atoms with Crippen molar-refractivity contribution in [2.45, 2.75) is 32.6 Å². The third kappa shape index (κ3) is 6.45. The normalized spacial score (nSPS) is 12.3. The van der Waals surface area contributed by atoms with Crippen LogP contribution < -0.4 is 10.6 Å². The van der Waals surface area contributed by atoms with Gasteiger partial charge in [-0.25, -0.2) is 13.8 Å². The van der Waals surface area contributed by atoms with E-state index in [1.54, 1.807) is 43.7 Å². The van der Waals surface area contributed by atoms with Gasteiger partial charge in [-0.2, -0.15) is 0 Å². The number of nitrogens with zero attached hydrogens (tertiary/aromatic N) is 3. The van der Waals surface area contributed by atoms with E-state index in [1.807, 2.05) is 63.3 Å². The summed E-state index contributed by atoms with van der Waals surface area (Å²) in [5.41, 5.74) is 5.73. The van der Waals surface area contributed by atoms with Gasteiger partial charge in [-0.15, -0.1) is 0 Å². The van der Waals surface area contributed by atoms with Crippen molar-refractivity contribution in [2.24, 2.45) is 0 Å². The minimum Gasteiger partial charge on any atom is -0.387 e. The van der Waals surface area contributed by atoms with Crippen LogP contribution in [0.15, 0.2) is 116 Å². The summed E-state index contributed by atoms with van der Waals surface area (Å²) in [5.74, 6) is -0.317. The maximum Gasteiger partial charge on any atom is 0.155 e. The van der Waals surface area contributed by atoms with Crippen LogP contribution in [0.25, 0.3) is 27.9 Å². The highest BCUT2D eigenvalue weighted by molar-refractivity contribution is 5.89. The predicted molar refractivity (Wildman–Crippen MR) is 180 cm³/mol. The fourth-order valence-corrected chi connectivity index (χ4v) is 5.38. The van der Waals surface area contributed by atoms with E-state index < -0.39 is 11.2 Å². The minimum atomic E-state index is -0.940. The monoisotopic (exact) mass is 602 g/mol. The van der Waals surface area contributed by atoms with E-state index >= 15 is 4.39 Å². The van der Waals surface area contributed by atoms with Gasteiger partial charge in [0.1, 0.15) is 22.9 Å². The average molecular weight is 603 g/mol. The van der Waals surface area contributed by atoms with E-state index in [4.69, 9.17) is 4.98 Å². The third-order valence-corrected chi connectivity index (χ3v) is 7.70. The molecule has 3 N–H and O–H groups in total. The summed E-state index contributed by atoms with van der Waals surface area (Å²) in [5, 5.41) is 6.40. The molecule has 0 radical (unpaired) electrons. The van der Waals surface area contributed by atoms with Gasteiger partial charge in [0.15, 0.2) is 5.82 Å². The van der Waals surface area contributed by atoms with Crippen molar-refractivity contribution < 1.29 is 8.78 Å². The standard InChI is InChI=1S/C37H36F2N6/c1-7-25(21-28(8-2)43-23(3)19-24-13-10-9-11-14-24)33-32(39)31(30(40-6)22-42-33)37(4,5)36-44-29-17-18-41-34(35(29)45-36)26-15-12-16-27(38)20-26/h7-18,20-22,40,43H,2-3,19H2,1,4-6H3,(H,44,45)/b25-7+,28-21+. The number of aromatic nitrogens is 4. The third-order valence-electron chi connectivity index (χ3n) is 7.70. The Morgan fingerprint density at radius 3 is 2.51 bits per heavy atom. The highest BCUT2D eigenvalue weighted by atomic mass is 19.1. The SMILES string of the molecule is C=C/C(=C\C(=C/C)c1ncc(NC)c(C(C)(C)c2nc3c(-c4cccc(F)c4)nccc3[nH]2)c1F)NC(=C)Cc1ccccc1.